The van der Waals surface area contributed by atoms with Gasteiger partial charge in [0.25, 0.3) is 5.91 Å². The Morgan fingerprint density at radius 2 is 1.95 bits per heavy atom. The van der Waals surface area contributed by atoms with Gasteiger partial charge in [-0.05, 0) is 36.4 Å². The molecule has 0 aromatic heterocycles. The number of amides is 1. The van der Waals surface area contributed by atoms with Crippen molar-refractivity contribution in [2.45, 2.75) is 6.92 Å². The number of esters is 1. The number of hydrogen-bond acceptors (Lipinski definition) is 3. The predicted molar refractivity (Wildman–Crippen MR) is 79.8 cm³/mol. The molecule has 6 heteroatoms. The van der Waals surface area contributed by atoms with Crippen LogP contribution in [0.5, 0.6) is 5.75 Å². The van der Waals surface area contributed by atoms with E-state index in [1.807, 2.05) is 0 Å². The number of hydrogen-bond donors (Lipinski definition) is 1. The van der Waals surface area contributed by atoms with Gasteiger partial charge in [-0.2, -0.15) is 0 Å². The highest BCUT2D eigenvalue weighted by atomic mass is 79.9. The van der Waals surface area contributed by atoms with Crippen LogP contribution in [-0.2, 0) is 4.79 Å². The molecule has 2 aromatic carbocycles. The molecule has 0 saturated heterocycles. The van der Waals surface area contributed by atoms with E-state index in [0.717, 1.165) is 0 Å². The quantitative estimate of drug-likeness (QED) is 0.676. The maximum atomic E-state index is 13.7. The zero-order valence-electron chi connectivity index (χ0n) is 11.0. The van der Waals surface area contributed by atoms with Gasteiger partial charge in [-0.25, -0.2) is 4.39 Å². The first-order chi connectivity index (χ1) is 9.95. The van der Waals surface area contributed by atoms with Crippen molar-refractivity contribution in [1.29, 1.82) is 0 Å². The Balaban J connectivity index is 2.18. The predicted octanol–water partition coefficient (Wildman–Crippen LogP) is 3.77. The fraction of sp³-hybridized carbons (Fsp3) is 0.0667. The minimum absolute atomic E-state index is 0.0705. The van der Waals surface area contributed by atoms with Crippen LogP contribution in [0.1, 0.15) is 17.3 Å². The van der Waals surface area contributed by atoms with Crippen LogP contribution in [0, 0.1) is 5.82 Å². The highest BCUT2D eigenvalue weighted by molar-refractivity contribution is 9.10. The summed E-state index contributed by atoms with van der Waals surface area (Å²) >= 11 is 3.14. The smallest absolute Gasteiger partial charge is 0.308 e. The van der Waals surface area contributed by atoms with Crippen LogP contribution in [-0.4, -0.2) is 11.9 Å². The molecular weight excluding hydrogens is 341 g/mol. The Hall–Kier alpha value is -2.21. The van der Waals surface area contributed by atoms with Crippen LogP contribution in [0.4, 0.5) is 10.1 Å². The van der Waals surface area contributed by atoms with Gasteiger partial charge in [-0.1, -0.05) is 22.0 Å². The number of ether oxygens (including phenoxy) is 1. The van der Waals surface area contributed by atoms with Crippen LogP contribution < -0.4 is 10.1 Å². The van der Waals surface area contributed by atoms with Crippen molar-refractivity contribution in [3.05, 3.63) is 58.3 Å². The first-order valence-electron chi connectivity index (χ1n) is 6.00. The molecule has 0 unspecified atom stereocenters. The van der Waals surface area contributed by atoms with Gasteiger partial charge in [0.2, 0.25) is 0 Å². The minimum atomic E-state index is -0.547. The molecular formula is C15H11BrFNO3. The van der Waals surface area contributed by atoms with E-state index in [9.17, 15) is 14.0 Å². The van der Waals surface area contributed by atoms with E-state index >= 15 is 0 Å². The van der Waals surface area contributed by atoms with Crippen LogP contribution in [0.15, 0.2) is 46.9 Å². The van der Waals surface area contributed by atoms with Crippen molar-refractivity contribution < 1.29 is 18.7 Å². The molecule has 1 N–H and O–H groups in total. The Morgan fingerprint density at radius 1 is 1.19 bits per heavy atom. The summed E-state index contributed by atoms with van der Waals surface area (Å²) in [6.07, 6.45) is 0. The molecule has 0 aliphatic rings. The summed E-state index contributed by atoms with van der Waals surface area (Å²) in [5.41, 5.74) is 0.331. The lowest BCUT2D eigenvalue weighted by Gasteiger charge is -2.08. The molecule has 0 bridgehead atoms. The lowest BCUT2D eigenvalue weighted by atomic mass is 10.2. The summed E-state index contributed by atoms with van der Waals surface area (Å²) in [4.78, 5) is 22.9. The maximum Gasteiger partial charge on any atom is 0.308 e. The minimum Gasteiger partial charge on any atom is -0.427 e. The van der Waals surface area contributed by atoms with Gasteiger partial charge in [-0.3, -0.25) is 9.59 Å². The third-order valence-corrected chi connectivity index (χ3v) is 3.03. The second-order valence-corrected chi connectivity index (χ2v) is 5.12. The molecule has 0 aliphatic carbocycles. The number of carbonyl (C=O) groups is 2. The number of rotatable bonds is 3. The summed E-state index contributed by atoms with van der Waals surface area (Å²) in [6.45, 7) is 1.27. The molecule has 108 valence electrons. The number of halogens is 2. The fourth-order valence-electron chi connectivity index (χ4n) is 1.65. The van der Waals surface area contributed by atoms with E-state index < -0.39 is 17.7 Å². The summed E-state index contributed by atoms with van der Waals surface area (Å²) in [5.74, 6) is -1.27. The average molecular weight is 352 g/mol. The van der Waals surface area contributed by atoms with Crippen LogP contribution in [0.3, 0.4) is 0 Å². The van der Waals surface area contributed by atoms with Crippen LogP contribution in [0.2, 0.25) is 0 Å². The third-order valence-electron chi connectivity index (χ3n) is 2.54. The largest absolute Gasteiger partial charge is 0.427 e. The van der Waals surface area contributed by atoms with Crippen molar-refractivity contribution in [2.24, 2.45) is 0 Å². The fourth-order valence-corrected chi connectivity index (χ4v) is 1.99. The molecule has 0 heterocycles. The summed E-state index contributed by atoms with van der Waals surface area (Å²) in [5, 5.41) is 2.46. The topological polar surface area (TPSA) is 55.4 Å². The number of anilines is 1. The Bertz CT molecular complexity index is 703. The van der Waals surface area contributed by atoms with Gasteiger partial charge in [0.15, 0.2) is 0 Å². The van der Waals surface area contributed by atoms with Gasteiger partial charge in [0.05, 0.1) is 5.69 Å². The van der Waals surface area contributed by atoms with Crippen molar-refractivity contribution in [3.63, 3.8) is 0 Å². The molecule has 2 rings (SSSR count). The summed E-state index contributed by atoms with van der Waals surface area (Å²) in [7, 11) is 0. The standard InChI is InChI=1S/C15H11BrFNO3/c1-9(19)21-12-4-2-3-10(7-12)15(20)18-14-6-5-11(16)8-13(14)17/h2-8H,1H3,(H,18,20). The average Bonchev–Trinajstić information content (AvgIpc) is 2.41. The van der Waals surface area contributed by atoms with Crippen LogP contribution >= 0.6 is 15.9 Å². The molecule has 0 atom stereocenters. The van der Waals surface area contributed by atoms with E-state index in [-0.39, 0.29) is 17.0 Å². The van der Waals surface area contributed by atoms with Gasteiger partial charge in [0, 0.05) is 17.0 Å². The molecule has 0 aliphatic heterocycles. The second kappa shape index (κ2) is 6.49. The highest BCUT2D eigenvalue weighted by Gasteiger charge is 2.11. The molecule has 0 radical (unpaired) electrons. The first kappa shape index (κ1) is 15.2. The van der Waals surface area contributed by atoms with Crippen molar-refractivity contribution in [3.8, 4) is 5.75 Å². The molecule has 4 nitrogen and oxygen atoms in total. The number of nitrogens with one attached hydrogen (secondary N) is 1. The van der Waals surface area contributed by atoms with Crippen LogP contribution in [0.25, 0.3) is 0 Å². The SMILES string of the molecule is CC(=O)Oc1cccc(C(=O)Nc2ccc(Br)cc2F)c1. The Kier molecular flexibility index (Phi) is 4.70. The molecule has 21 heavy (non-hydrogen) atoms. The highest BCUT2D eigenvalue weighted by Crippen LogP contribution is 2.21. The molecule has 2 aromatic rings. The van der Waals surface area contributed by atoms with E-state index in [2.05, 4.69) is 21.2 Å². The maximum absolute atomic E-state index is 13.7. The van der Waals surface area contributed by atoms with Gasteiger partial charge < -0.3 is 10.1 Å². The molecule has 0 spiro atoms. The van der Waals surface area contributed by atoms with Gasteiger partial charge in [-0.15, -0.1) is 0 Å². The zero-order valence-corrected chi connectivity index (χ0v) is 12.6. The van der Waals surface area contributed by atoms with E-state index in [1.54, 1.807) is 24.3 Å². The van der Waals surface area contributed by atoms with Crippen molar-refractivity contribution in [2.75, 3.05) is 5.32 Å². The lowest BCUT2D eigenvalue weighted by Crippen LogP contribution is -2.13. The third kappa shape index (κ3) is 4.13. The molecule has 1 amide bonds. The summed E-state index contributed by atoms with van der Waals surface area (Å²) < 4.78 is 19.1. The normalized spacial score (nSPS) is 10.0. The molecule has 0 saturated carbocycles. The second-order valence-electron chi connectivity index (χ2n) is 4.20. The lowest BCUT2D eigenvalue weighted by molar-refractivity contribution is -0.131. The van der Waals surface area contributed by atoms with Crippen molar-refractivity contribution >= 4 is 33.5 Å². The zero-order chi connectivity index (χ0) is 15.4. The van der Waals surface area contributed by atoms with Crippen molar-refractivity contribution in [1.82, 2.24) is 0 Å². The Labute approximate surface area is 129 Å². The monoisotopic (exact) mass is 351 g/mol. The Morgan fingerprint density at radius 3 is 2.62 bits per heavy atom. The molecule has 0 fully saturated rings. The first-order valence-corrected chi connectivity index (χ1v) is 6.80. The van der Waals surface area contributed by atoms with E-state index in [0.29, 0.717) is 4.47 Å². The number of carbonyl (C=O) groups excluding carboxylic acids is 2. The van der Waals surface area contributed by atoms with Gasteiger partial charge >= 0.3 is 5.97 Å². The van der Waals surface area contributed by atoms with E-state index in [1.165, 1.54) is 25.1 Å². The van der Waals surface area contributed by atoms with E-state index in [4.69, 9.17) is 4.74 Å². The summed E-state index contributed by atoms with van der Waals surface area (Å²) in [6, 6.07) is 10.4. The van der Waals surface area contributed by atoms with Gasteiger partial charge in [0.1, 0.15) is 11.6 Å². The number of benzene rings is 2.